The van der Waals surface area contributed by atoms with Crippen molar-refractivity contribution in [2.24, 2.45) is 0 Å². The smallest absolute Gasteiger partial charge is 0.257 e. The molecule has 2 amide bonds. The van der Waals surface area contributed by atoms with Crippen LogP contribution >= 0.6 is 0 Å². The molecule has 1 fully saturated rings. The highest BCUT2D eigenvalue weighted by Crippen LogP contribution is 2.24. The van der Waals surface area contributed by atoms with Crippen LogP contribution in [-0.2, 0) is 10.2 Å². The van der Waals surface area contributed by atoms with E-state index in [1.165, 1.54) is 5.56 Å². The van der Waals surface area contributed by atoms with E-state index in [0.29, 0.717) is 56.9 Å². The summed E-state index contributed by atoms with van der Waals surface area (Å²) < 4.78 is 11.1. The molecule has 0 unspecified atom stereocenters. The number of methoxy groups -OCH3 is 1. The molecule has 2 aromatic rings. The molecule has 0 spiro atoms. The summed E-state index contributed by atoms with van der Waals surface area (Å²) in [5.74, 6) is 1.46. The normalized spacial score (nSPS) is 14.2. The topological polar surface area (TPSA) is 59.1 Å². The second-order valence-electron chi connectivity index (χ2n) is 9.10. The number of hydrogen-bond acceptors (Lipinski definition) is 4. The summed E-state index contributed by atoms with van der Waals surface area (Å²) in [6.45, 7) is 9.21. The molecule has 2 aromatic carbocycles. The van der Waals surface area contributed by atoms with Gasteiger partial charge >= 0.3 is 0 Å². The van der Waals surface area contributed by atoms with Crippen molar-refractivity contribution in [1.29, 1.82) is 0 Å². The fourth-order valence-electron chi connectivity index (χ4n) is 3.77. The summed E-state index contributed by atoms with van der Waals surface area (Å²) in [4.78, 5) is 29.0. The lowest BCUT2D eigenvalue weighted by Gasteiger charge is -2.35. The van der Waals surface area contributed by atoms with E-state index in [9.17, 15) is 9.59 Å². The Morgan fingerprint density at radius 2 is 1.53 bits per heavy atom. The van der Waals surface area contributed by atoms with Gasteiger partial charge in [0.05, 0.1) is 19.3 Å². The summed E-state index contributed by atoms with van der Waals surface area (Å²) in [6.07, 6.45) is 1.11. The molecule has 1 saturated heterocycles. The molecule has 0 aliphatic carbocycles. The van der Waals surface area contributed by atoms with Gasteiger partial charge in [0.2, 0.25) is 5.91 Å². The van der Waals surface area contributed by atoms with Crippen LogP contribution in [0, 0.1) is 0 Å². The van der Waals surface area contributed by atoms with E-state index < -0.39 is 0 Å². The molecule has 6 nitrogen and oxygen atoms in total. The third kappa shape index (κ3) is 6.02. The van der Waals surface area contributed by atoms with E-state index in [2.05, 4.69) is 32.9 Å². The van der Waals surface area contributed by atoms with Gasteiger partial charge in [-0.05, 0) is 41.7 Å². The van der Waals surface area contributed by atoms with Crippen LogP contribution in [0.25, 0.3) is 0 Å². The number of ether oxygens (including phenoxy) is 2. The van der Waals surface area contributed by atoms with Crippen molar-refractivity contribution in [2.45, 2.75) is 39.0 Å². The maximum absolute atomic E-state index is 12.8. The van der Waals surface area contributed by atoms with Gasteiger partial charge in [0.25, 0.3) is 5.91 Å². The highest BCUT2D eigenvalue weighted by molar-refractivity contribution is 5.97. The number of benzene rings is 2. The second-order valence-corrected chi connectivity index (χ2v) is 9.10. The van der Waals surface area contributed by atoms with Crippen LogP contribution in [0.1, 0.15) is 49.5 Å². The number of carbonyl (C=O) groups excluding carboxylic acids is 2. The molecule has 0 radical (unpaired) electrons. The zero-order valence-corrected chi connectivity index (χ0v) is 19.6. The van der Waals surface area contributed by atoms with Crippen LogP contribution in [0.4, 0.5) is 0 Å². The summed E-state index contributed by atoms with van der Waals surface area (Å²) >= 11 is 0. The average molecular weight is 439 g/mol. The molecule has 6 heteroatoms. The summed E-state index contributed by atoms with van der Waals surface area (Å²) in [5.41, 5.74) is 1.94. The van der Waals surface area contributed by atoms with E-state index in [-0.39, 0.29) is 17.2 Å². The van der Waals surface area contributed by atoms with Gasteiger partial charge in [-0.15, -0.1) is 0 Å². The van der Waals surface area contributed by atoms with Crippen LogP contribution in [0.5, 0.6) is 11.5 Å². The van der Waals surface area contributed by atoms with Crippen LogP contribution in [0.15, 0.2) is 48.5 Å². The quantitative estimate of drug-likeness (QED) is 0.610. The first-order valence-electron chi connectivity index (χ1n) is 11.2. The molecule has 0 N–H and O–H groups in total. The summed E-state index contributed by atoms with van der Waals surface area (Å²) in [6, 6.07) is 15.4. The fourth-order valence-corrected chi connectivity index (χ4v) is 3.77. The molecule has 1 aliphatic heterocycles. The first-order valence-corrected chi connectivity index (χ1v) is 11.2. The predicted octanol–water partition coefficient (Wildman–Crippen LogP) is 4.14. The fraction of sp³-hybridized carbons (Fsp3) is 0.462. The third-order valence-corrected chi connectivity index (χ3v) is 5.78. The third-order valence-electron chi connectivity index (χ3n) is 5.78. The molecule has 32 heavy (non-hydrogen) atoms. The summed E-state index contributed by atoms with van der Waals surface area (Å²) in [5, 5.41) is 0. The highest BCUT2D eigenvalue weighted by Gasteiger charge is 2.26. The summed E-state index contributed by atoms with van der Waals surface area (Å²) in [7, 11) is 1.56. The van der Waals surface area contributed by atoms with Gasteiger partial charge in [-0.3, -0.25) is 9.59 Å². The maximum Gasteiger partial charge on any atom is 0.257 e. The molecule has 0 saturated carbocycles. The minimum absolute atomic E-state index is 0.0552. The Morgan fingerprint density at radius 1 is 0.906 bits per heavy atom. The molecule has 0 bridgehead atoms. The van der Waals surface area contributed by atoms with Crippen LogP contribution in [0.3, 0.4) is 0 Å². The van der Waals surface area contributed by atoms with Crippen molar-refractivity contribution < 1.29 is 19.1 Å². The molecule has 1 heterocycles. The molecular formula is C26H34N2O4. The minimum atomic E-state index is -0.0552. The Morgan fingerprint density at radius 3 is 2.16 bits per heavy atom. The Kier molecular flexibility index (Phi) is 7.78. The lowest BCUT2D eigenvalue weighted by molar-refractivity contribution is -0.132. The van der Waals surface area contributed by atoms with Crippen LogP contribution in [-0.4, -0.2) is 61.5 Å². The Balaban J connectivity index is 1.40. The number of para-hydroxylation sites is 1. The number of hydrogen-bond donors (Lipinski definition) is 0. The van der Waals surface area contributed by atoms with E-state index >= 15 is 0 Å². The van der Waals surface area contributed by atoms with Crippen molar-refractivity contribution in [1.82, 2.24) is 9.80 Å². The van der Waals surface area contributed by atoms with Crippen molar-refractivity contribution in [3.63, 3.8) is 0 Å². The van der Waals surface area contributed by atoms with E-state index in [4.69, 9.17) is 9.47 Å². The van der Waals surface area contributed by atoms with Crippen LogP contribution in [0.2, 0.25) is 0 Å². The predicted molar refractivity (Wildman–Crippen MR) is 125 cm³/mol. The zero-order chi connectivity index (χ0) is 23.1. The average Bonchev–Trinajstić information content (AvgIpc) is 2.81. The van der Waals surface area contributed by atoms with E-state index in [0.717, 1.165) is 5.75 Å². The molecule has 1 aliphatic rings. The molecule has 3 rings (SSSR count). The molecule has 0 atom stereocenters. The highest BCUT2D eigenvalue weighted by atomic mass is 16.5. The first-order chi connectivity index (χ1) is 15.3. The number of carbonyl (C=O) groups is 2. The largest absolute Gasteiger partial charge is 0.496 e. The molecule has 172 valence electrons. The van der Waals surface area contributed by atoms with Gasteiger partial charge < -0.3 is 19.3 Å². The Bertz CT molecular complexity index is 910. The standard InChI is InChI=1S/C26H34N2O4/c1-26(2,3)20-11-13-21(14-12-20)32-19-7-10-24(29)27-15-17-28(18-16-27)25(30)22-8-5-6-9-23(22)31-4/h5-6,8-9,11-14H,7,10,15-19H2,1-4H3. The van der Waals surface area contributed by atoms with Gasteiger partial charge in [0, 0.05) is 32.6 Å². The molecular weight excluding hydrogens is 404 g/mol. The molecule has 0 aromatic heterocycles. The number of amides is 2. The van der Waals surface area contributed by atoms with E-state index in [1.54, 1.807) is 24.1 Å². The number of rotatable bonds is 7. The minimum Gasteiger partial charge on any atom is -0.496 e. The van der Waals surface area contributed by atoms with Gasteiger partial charge in [-0.25, -0.2) is 0 Å². The Labute approximate surface area is 191 Å². The van der Waals surface area contributed by atoms with Gasteiger partial charge in [-0.1, -0.05) is 45.0 Å². The monoisotopic (exact) mass is 438 g/mol. The maximum atomic E-state index is 12.8. The van der Waals surface area contributed by atoms with Crippen LogP contribution < -0.4 is 9.47 Å². The van der Waals surface area contributed by atoms with Crippen molar-refractivity contribution in [2.75, 3.05) is 39.9 Å². The first kappa shape index (κ1) is 23.6. The van der Waals surface area contributed by atoms with Gasteiger partial charge in [-0.2, -0.15) is 0 Å². The van der Waals surface area contributed by atoms with E-state index in [1.807, 2.05) is 29.2 Å². The SMILES string of the molecule is COc1ccccc1C(=O)N1CCN(C(=O)CCCOc2ccc(C(C)(C)C)cc2)CC1. The number of nitrogens with zero attached hydrogens (tertiary/aromatic N) is 2. The van der Waals surface area contributed by atoms with Crippen molar-refractivity contribution in [3.05, 3.63) is 59.7 Å². The lowest BCUT2D eigenvalue weighted by Crippen LogP contribution is -2.50. The van der Waals surface area contributed by atoms with Gasteiger partial charge in [0.15, 0.2) is 0 Å². The van der Waals surface area contributed by atoms with Crippen molar-refractivity contribution in [3.8, 4) is 11.5 Å². The zero-order valence-electron chi connectivity index (χ0n) is 19.6. The van der Waals surface area contributed by atoms with Gasteiger partial charge in [0.1, 0.15) is 11.5 Å². The number of piperazine rings is 1. The van der Waals surface area contributed by atoms with Crippen molar-refractivity contribution >= 4 is 11.8 Å². The lowest BCUT2D eigenvalue weighted by atomic mass is 9.87. The second kappa shape index (κ2) is 10.5. The Hall–Kier alpha value is -3.02.